The molecule has 1 aliphatic heterocycles. The molecule has 0 spiro atoms. The first-order valence-electron chi connectivity index (χ1n) is 5.56. The van der Waals surface area contributed by atoms with Crippen LogP contribution in [0.5, 0.6) is 0 Å². The Balaban J connectivity index is 2.32. The van der Waals surface area contributed by atoms with Crippen molar-refractivity contribution in [3.8, 4) is 0 Å². The summed E-state index contributed by atoms with van der Waals surface area (Å²) in [5, 5.41) is 23.2. The van der Waals surface area contributed by atoms with Crippen LogP contribution in [0, 0.1) is 10.1 Å². The minimum absolute atomic E-state index is 0.279. The maximum absolute atomic E-state index is 12.1. The number of hydrogen-bond donors (Lipinski definition) is 3. The lowest BCUT2D eigenvalue weighted by molar-refractivity contribution is -0.387. The highest BCUT2D eigenvalue weighted by atomic mass is 32.2. The third-order valence-electron chi connectivity index (χ3n) is 2.84. The molecule has 0 radical (unpaired) electrons. The van der Waals surface area contributed by atoms with Crippen molar-refractivity contribution in [2.45, 2.75) is 17.0 Å². The zero-order valence-corrected chi connectivity index (χ0v) is 10.6. The summed E-state index contributed by atoms with van der Waals surface area (Å²) in [5.74, 6) is 0. The van der Waals surface area contributed by atoms with Gasteiger partial charge in [0.05, 0.1) is 17.1 Å². The van der Waals surface area contributed by atoms with E-state index in [0.29, 0.717) is 0 Å². The van der Waals surface area contributed by atoms with E-state index in [1.807, 2.05) is 0 Å². The summed E-state index contributed by atoms with van der Waals surface area (Å²) in [7, 11) is -4.04. The fourth-order valence-electron chi connectivity index (χ4n) is 1.88. The molecule has 0 aromatic heterocycles. The molecule has 1 heterocycles. The first kappa shape index (κ1) is 13.9. The van der Waals surface area contributed by atoms with Crippen LogP contribution in [0.4, 0.5) is 5.69 Å². The highest BCUT2D eigenvalue weighted by molar-refractivity contribution is 7.89. The van der Waals surface area contributed by atoms with E-state index in [2.05, 4.69) is 10.0 Å². The van der Waals surface area contributed by atoms with Crippen LogP contribution < -0.4 is 10.0 Å². The Morgan fingerprint density at radius 1 is 1.37 bits per heavy atom. The highest BCUT2D eigenvalue weighted by Gasteiger charge is 2.32. The van der Waals surface area contributed by atoms with E-state index in [-0.39, 0.29) is 13.1 Å². The van der Waals surface area contributed by atoms with Gasteiger partial charge in [0, 0.05) is 19.2 Å². The summed E-state index contributed by atoms with van der Waals surface area (Å²) in [4.78, 5) is 9.67. The number of para-hydroxylation sites is 1. The van der Waals surface area contributed by atoms with Crippen LogP contribution in [0.3, 0.4) is 0 Å². The summed E-state index contributed by atoms with van der Waals surface area (Å²) in [6, 6.07) is 4.39. The number of hydrogen-bond acceptors (Lipinski definition) is 6. The maximum Gasteiger partial charge on any atom is 0.289 e. The number of aliphatic hydroxyl groups excluding tert-OH is 1. The predicted octanol–water partition coefficient (Wildman–Crippen LogP) is -0.794. The number of rotatable bonds is 4. The van der Waals surface area contributed by atoms with E-state index < -0.39 is 37.7 Å². The van der Waals surface area contributed by atoms with Crippen molar-refractivity contribution in [2.24, 2.45) is 0 Å². The molecule has 0 aliphatic carbocycles. The summed E-state index contributed by atoms with van der Waals surface area (Å²) in [5.41, 5.74) is -0.490. The average molecular weight is 287 g/mol. The summed E-state index contributed by atoms with van der Waals surface area (Å²) in [6.45, 7) is 0.561. The summed E-state index contributed by atoms with van der Waals surface area (Å²) < 4.78 is 26.5. The summed E-state index contributed by atoms with van der Waals surface area (Å²) >= 11 is 0. The van der Waals surface area contributed by atoms with Gasteiger partial charge in [-0.25, -0.2) is 13.1 Å². The Labute approximate surface area is 109 Å². The zero-order chi connectivity index (χ0) is 14.0. The number of nitrogens with one attached hydrogen (secondary N) is 2. The van der Waals surface area contributed by atoms with Crippen LogP contribution in [-0.4, -0.2) is 43.7 Å². The lowest BCUT2D eigenvalue weighted by atomic mass is 10.2. The van der Waals surface area contributed by atoms with Crippen molar-refractivity contribution in [1.82, 2.24) is 10.0 Å². The fraction of sp³-hybridized carbons (Fsp3) is 0.400. The van der Waals surface area contributed by atoms with Gasteiger partial charge in [0.2, 0.25) is 10.0 Å². The van der Waals surface area contributed by atoms with Crippen LogP contribution in [0.15, 0.2) is 29.2 Å². The second-order valence-corrected chi connectivity index (χ2v) is 5.86. The molecule has 3 N–H and O–H groups in total. The van der Waals surface area contributed by atoms with E-state index in [9.17, 15) is 23.6 Å². The number of benzene rings is 1. The molecular weight excluding hydrogens is 274 g/mol. The molecule has 1 aliphatic rings. The van der Waals surface area contributed by atoms with Crippen LogP contribution in [0.25, 0.3) is 0 Å². The molecule has 2 atom stereocenters. The first-order valence-corrected chi connectivity index (χ1v) is 7.04. The molecule has 0 bridgehead atoms. The normalized spacial score (nSPS) is 23.4. The molecule has 104 valence electrons. The van der Waals surface area contributed by atoms with Crippen LogP contribution in [0.1, 0.15) is 0 Å². The predicted molar refractivity (Wildman–Crippen MR) is 66.1 cm³/mol. The van der Waals surface area contributed by atoms with Crippen molar-refractivity contribution in [3.05, 3.63) is 34.4 Å². The average Bonchev–Trinajstić information content (AvgIpc) is 2.74. The van der Waals surface area contributed by atoms with Crippen LogP contribution in [-0.2, 0) is 10.0 Å². The third kappa shape index (κ3) is 2.89. The van der Waals surface area contributed by atoms with E-state index >= 15 is 0 Å². The van der Waals surface area contributed by atoms with Crippen molar-refractivity contribution < 1.29 is 18.4 Å². The zero-order valence-electron chi connectivity index (χ0n) is 9.81. The molecule has 1 aromatic carbocycles. The topological polar surface area (TPSA) is 122 Å². The van der Waals surface area contributed by atoms with E-state index in [1.54, 1.807) is 0 Å². The lowest BCUT2D eigenvalue weighted by Gasteiger charge is -2.15. The second kappa shape index (κ2) is 5.21. The Morgan fingerprint density at radius 3 is 2.63 bits per heavy atom. The first-order chi connectivity index (χ1) is 8.92. The molecule has 2 rings (SSSR count). The Bertz CT molecular complexity index is 589. The number of β-amino-alcohol motifs (C(OH)–C–C–N with tert-alkyl or cyclic N) is 1. The van der Waals surface area contributed by atoms with Gasteiger partial charge in [-0.2, -0.15) is 0 Å². The number of nitro groups is 1. The fourth-order valence-corrected chi connectivity index (χ4v) is 3.32. The quantitative estimate of drug-likeness (QED) is 0.492. The summed E-state index contributed by atoms with van der Waals surface area (Å²) in [6.07, 6.45) is -0.849. The number of aliphatic hydroxyl groups is 1. The smallest absolute Gasteiger partial charge is 0.289 e. The standard InChI is InChI=1S/C10H13N3O5S/c14-9-6-11-5-7(9)12-19(17,18)10-4-2-1-3-8(10)13(15)16/h1-4,7,9,11-12,14H,5-6H2/t7-,9+/m0/s1. The van der Waals surface area contributed by atoms with Gasteiger partial charge in [-0.1, -0.05) is 12.1 Å². The van der Waals surface area contributed by atoms with Crippen molar-refractivity contribution in [2.75, 3.05) is 13.1 Å². The number of nitro benzene ring substituents is 1. The van der Waals surface area contributed by atoms with Gasteiger partial charge in [0.1, 0.15) is 0 Å². The minimum atomic E-state index is -4.04. The third-order valence-corrected chi connectivity index (χ3v) is 4.38. The number of sulfonamides is 1. The maximum atomic E-state index is 12.1. The highest BCUT2D eigenvalue weighted by Crippen LogP contribution is 2.23. The molecule has 9 heteroatoms. The molecule has 0 unspecified atom stereocenters. The van der Waals surface area contributed by atoms with E-state index in [0.717, 1.165) is 12.1 Å². The molecule has 19 heavy (non-hydrogen) atoms. The number of nitrogens with zero attached hydrogens (tertiary/aromatic N) is 1. The molecule has 1 fully saturated rings. The van der Waals surface area contributed by atoms with Crippen molar-refractivity contribution >= 4 is 15.7 Å². The van der Waals surface area contributed by atoms with Gasteiger partial charge in [-0.15, -0.1) is 0 Å². The van der Waals surface area contributed by atoms with E-state index in [4.69, 9.17) is 0 Å². The van der Waals surface area contributed by atoms with Gasteiger partial charge in [-0.05, 0) is 6.07 Å². The monoisotopic (exact) mass is 287 g/mol. The Hall–Kier alpha value is -1.55. The Kier molecular flexibility index (Phi) is 3.80. The SMILES string of the molecule is O=[N+]([O-])c1ccccc1S(=O)(=O)N[C@H]1CNC[C@H]1O. The molecular formula is C10H13N3O5S. The van der Waals surface area contributed by atoms with Crippen LogP contribution in [0.2, 0.25) is 0 Å². The van der Waals surface area contributed by atoms with Gasteiger partial charge in [0.25, 0.3) is 5.69 Å². The van der Waals surface area contributed by atoms with Crippen molar-refractivity contribution in [3.63, 3.8) is 0 Å². The van der Waals surface area contributed by atoms with Gasteiger partial charge in [0.15, 0.2) is 4.90 Å². The Morgan fingerprint density at radius 2 is 2.05 bits per heavy atom. The molecule has 0 saturated carbocycles. The molecule has 8 nitrogen and oxygen atoms in total. The minimum Gasteiger partial charge on any atom is -0.390 e. The van der Waals surface area contributed by atoms with Gasteiger partial charge < -0.3 is 10.4 Å². The van der Waals surface area contributed by atoms with E-state index in [1.165, 1.54) is 12.1 Å². The largest absolute Gasteiger partial charge is 0.390 e. The van der Waals surface area contributed by atoms with Gasteiger partial charge in [-0.3, -0.25) is 10.1 Å². The lowest BCUT2D eigenvalue weighted by Crippen LogP contribution is -2.42. The van der Waals surface area contributed by atoms with Crippen LogP contribution >= 0.6 is 0 Å². The van der Waals surface area contributed by atoms with Gasteiger partial charge >= 0.3 is 0 Å². The molecule has 1 saturated heterocycles. The molecule has 0 amide bonds. The second-order valence-electron chi connectivity index (χ2n) is 4.18. The van der Waals surface area contributed by atoms with Crippen molar-refractivity contribution in [1.29, 1.82) is 0 Å². The molecule has 1 aromatic rings.